The molecule has 1 aromatic rings. The number of carbonyl (C=O) groups excluding carboxylic acids is 1. The molecule has 0 fully saturated rings. The lowest BCUT2D eigenvalue weighted by molar-refractivity contribution is -0.144. The Balaban J connectivity index is 3.01. The molecule has 1 N–H and O–H groups in total. The third-order valence-corrected chi connectivity index (χ3v) is 2.30. The van der Waals surface area contributed by atoms with E-state index in [0.717, 1.165) is 0 Å². The molecule has 0 aliphatic heterocycles. The molecular formula is C12H16FNO3. The highest BCUT2D eigenvalue weighted by Crippen LogP contribution is 2.28. The molecule has 0 aliphatic carbocycles. The normalized spacial score (nSPS) is 10.9. The lowest BCUT2D eigenvalue weighted by atomic mass is 10.1. The number of nitrogens with one attached hydrogen (secondary N) is 1. The fourth-order valence-electron chi connectivity index (χ4n) is 1.42. The van der Waals surface area contributed by atoms with Crippen molar-refractivity contribution >= 4 is 11.7 Å². The van der Waals surface area contributed by atoms with E-state index in [4.69, 9.17) is 4.74 Å². The fraction of sp³-hybridized carbons (Fsp3) is 0.417. The van der Waals surface area contributed by atoms with Gasteiger partial charge in [0.15, 0.2) is 0 Å². The van der Waals surface area contributed by atoms with Crippen LogP contribution in [0.15, 0.2) is 18.2 Å². The van der Waals surface area contributed by atoms with Crippen molar-refractivity contribution < 1.29 is 18.7 Å². The summed E-state index contributed by atoms with van der Waals surface area (Å²) in [6.07, 6.45) is 0. The molecule has 0 saturated heterocycles. The van der Waals surface area contributed by atoms with Gasteiger partial charge in [-0.1, -0.05) is 0 Å². The molecule has 5 heteroatoms. The fourth-order valence-corrected chi connectivity index (χ4v) is 1.42. The number of hydrogen-bond acceptors (Lipinski definition) is 4. The molecule has 0 aromatic heterocycles. The quantitative estimate of drug-likeness (QED) is 0.821. The van der Waals surface area contributed by atoms with Crippen molar-refractivity contribution in [3.05, 3.63) is 24.0 Å². The Hall–Kier alpha value is -1.78. The van der Waals surface area contributed by atoms with Gasteiger partial charge in [0.1, 0.15) is 17.1 Å². The summed E-state index contributed by atoms with van der Waals surface area (Å²) < 4.78 is 22.9. The molecule has 0 aliphatic rings. The van der Waals surface area contributed by atoms with Crippen molar-refractivity contribution in [2.75, 3.05) is 19.5 Å². The van der Waals surface area contributed by atoms with Crippen molar-refractivity contribution in [3.8, 4) is 5.75 Å². The zero-order valence-corrected chi connectivity index (χ0v) is 10.3. The summed E-state index contributed by atoms with van der Waals surface area (Å²) in [6.45, 7) is 3.28. The average Bonchev–Trinajstić information content (AvgIpc) is 2.27. The van der Waals surface area contributed by atoms with E-state index < -0.39 is 17.3 Å². The molecule has 0 heterocycles. The molecule has 94 valence electrons. The van der Waals surface area contributed by atoms with Crippen LogP contribution in [0.25, 0.3) is 0 Å². The number of rotatable bonds is 4. The van der Waals surface area contributed by atoms with Crippen LogP contribution in [0.1, 0.15) is 13.8 Å². The number of carbonyl (C=O) groups is 1. The van der Waals surface area contributed by atoms with E-state index in [0.29, 0.717) is 11.4 Å². The van der Waals surface area contributed by atoms with Gasteiger partial charge < -0.3 is 14.8 Å². The third-order valence-electron chi connectivity index (χ3n) is 2.30. The Kier molecular flexibility index (Phi) is 3.93. The van der Waals surface area contributed by atoms with Gasteiger partial charge in [-0.3, -0.25) is 0 Å². The van der Waals surface area contributed by atoms with Crippen molar-refractivity contribution in [2.45, 2.75) is 19.4 Å². The van der Waals surface area contributed by atoms with Crippen molar-refractivity contribution in [1.82, 2.24) is 0 Å². The highest BCUT2D eigenvalue weighted by atomic mass is 19.1. The first-order valence-corrected chi connectivity index (χ1v) is 5.11. The number of anilines is 1. The summed E-state index contributed by atoms with van der Waals surface area (Å²) in [6, 6.07) is 4.05. The van der Waals surface area contributed by atoms with E-state index in [1.54, 1.807) is 13.8 Å². The van der Waals surface area contributed by atoms with E-state index in [-0.39, 0.29) is 0 Å². The molecule has 4 nitrogen and oxygen atoms in total. The Morgan fingerprint density at radius 3 is 2.53 bits per heavy atom. The van der Waals surface area contributed by atoms with E-state index in [1.807, 2.05) is 0 Å². The molecule has 0 bridgehead atoms. The van der Waals surface area contributed by atoms with Gasteiger partial charge in [0.05, 0.1) is 19.9 Å². The van der Waals surface area contributed by atoms with Crippen molar-refractivity contribution in [2.24, 2.45) is 0 Å². The van der Waals surface area contributed by atoms with Gasteiger partial charge >= 0.3 is 5.97 Å². The third kappa shape index (κ3) is 3.09. The molecular weight excluding hydrogens is 225 g/mol. The molecule has 1 aromatic carbocycles. The van der Waals surface area contributed by atoms with Crippen LogP contribution in [0.5, 0.6) is 5.75 Å². The van der Waals surface area contributed by atoms with Crippen LogP contribution >= 0.6 is 0 Å². The van der Waals surface area contributed by atoms with Gasteiger partial charge in [0.25, 0.3) is 0 Å². The van der Waals surface area contributed by atoms with Gasteiger partial charge in [-0.25, -0.2) is 9.18 Å². The zero-order valence-electron chi connectivity index (χ0n) is 10.3. The van der Waals surface area contributed by atoms with Gasteiger partial charge in [-0.05, 0) is 26.0 Å². The van der Waals surface area contributed by atoms with E-state index >= 15 is 0 Å². The standard InChI is InChI=1S/C12H16FNO3/c1-12(2,11(15)17-4)14-9-7-8(13)5-6-10(9)16-3/h5-7,14H,1-4H3. The minimum Gasteiger partial charge on any atom is -0.495 e. The first-order chi connectivity index (χ1) is 7.90. The van der Waals surface area contributed by atoms with Gasteiger partial charge in [-0.2, -0.15) is 0 Å². The van der Waals surface area contributed by atoms with Crippen LogP contribution in [0, 0.1) is 5.82 Å². The Labute approximate surface area is 99.7 Å². The summed E-state index contributed by atoms with van der Waals surface area (Å²) in [5.41, 5.74) is -0.557. The molecule has 0 amide bonds. The Morgan fingerprint density at radius 2 is 2.00 bits per heavy atom. The Bertz CT molecular complexity index is 418. The van der Waals surface area contributed by atoms with Crippen molar-refractivity contribution in [3.63, 3.8) is 0 Å². The minimum atomic E-state index is -0.962. The molecule has 0 spiro atoms. The summed E-state index contributed by atoms with van der Waals surface area (Å²) in [7, 11) is 2.78. The zero-order chi connectivity index (χ0) is 13.1. The molecule has 0 atom stereocenters. The van der Waals surface area contributed by atoms with E-state index in [1.165, 1.54) is 32.4 Å². The summed E-state index contributed by atoms with van der Waals surface area (Å²) in [4.78, 5) is 11.5. The summed E-state index contributed by atoms with van der Waals surface area (Å²) in [5, 5.41) is 2.89. The lowest BCUT2D eigenvalue weighted by Gasteiger charge is -2.25. The minimum absolute atomic E-state index is 0.405. The molecule has 0 radical (unpaired) electrons. The average molecular weight is 241 g/mol. The van der Waals surface area contributed by atoms with Crippen LogP contribution in [-0.4, -0.2) is 25.7 Å². The number of halogens is 1. The second-order valence-electron chi connectivity index (χ2n) is 4.09. The molecule has 1 rings (SSSR count). The van der Waals surface area contributed by atoms with E-state index in [9.17, 15) is 9.18 Å². The summed E-state index contributed by atoms with van der Waals surface area (Å²) in [5.74, 6) is -0.388. The number of benzene rings is 1. The smallest absolute Gasteiger partial charge is 0.330 e. The van der Waals surface area contributed by atoms with Crippen LogP contribution in [0.3, 0.4) is 0 Å². The summed E-state index contributed by atoms with van der Waals surface area (Å²) >= 11 is 0. The maximum Gasteiger partial charge on any atom is 0.330 e. The van der Waals surface area contributed by atoms with Crippen LogP contribution in [-0.2, 0) is 9.53 Å². The van der Waals surface area contributed by atoms with Gasteiger partial charge in [0, 0.05) is 6.07 Å². The highest BCUT2D eigenvalue weighted by molar-refractivity contribution is 5.84. The van der Waals surface area contributed by atoms with Crippen LogP contribution < -0.4 is 10.1 Å². The van der Waals surface area contributed by atoms with Crippen LogP contribution in [0.4, 0.5) is 10.1 Å². The molecule has 0 unspecified atom stereocenters. The predicted octanol–water partition coefficient (Wildman–Crippen LogP) is 2.20. The molecule has 0 saturated carbocycles. The van der Waals surface area contributed by atoms with Gasteiger partial charge in [-0.15, -0.1) is 0 Å². The lowest BCUT2D eigenvalue weighted by Crippen LogP contribution is -2.41. The number of ether oxygens (including phenoxy) is 2. The molecule has 17 heavy (non-hydrogen) atoms. The Morgan fingerprint density at radius 1 is 1.35 bits per heavy atom. The second kappa shape index (κ2) is 5.03. The highest BCUT2D eigenvalue weighted by Gasteiger charge is 2.29. The maximum atomic E-state index is 13.1. The largest absolute Gasteiger partial charge is 0.495 e. The number of esters is 1. The van der Waals surface area contributed by atoms with Crippen molar-refractivity contribution in [1.29, 1.82) is 0 Å². The SMILES string of the molecule is COC(=O)C(C)(C)Nc1cc(F)ccc1OC. The monoisotopic (exact) mass is 241 g/mol. The number of methoxy groups -OCH3 is 2. The second-order valence-corrected chi connectivity index (χ2v) is 4.09. The topological polar surface area (TPSA) is 47.6 Å². The van der Waals surface area contributed by atoms with Gasteiger partial charge in [0.2, 0.25) is 0 Å². The number of hydrogen-bond donors (Lipinski definition) is 1. The first kappa shape index (κ1) is 13.3. The van der Waals surface area contributed by atoms with Crippen LogP contribution in [0.2, 0.25) is 0 Å². The maximum absolute atomic E-state index is 13.1. The first-order valence-electron chi connectivity index (χ1n) is 5.11. The predicted molar refractivity (Wildman–Crippen MR) is 62.7 cm³/mol. The van der Waals surface area contributed by atoms with E-state index in [2.05, 4.69) is 10.1 Å².